The van der Waals surface area contributed by atoms with Gasteiger partial charge >= 0.3 is 0 Å². The van der Waals surface area contributed by atoms with Crippen LogP contribution in [0, 0.1) is 0 Å². The van der Waals surface area contributed by atoms with Crippen LogP contribution in [0.15, 0.2) is 5.38 Å². The van der Waals surface area contributed by atoms with Crippen molar-refractivity contribution in [3.63, 3.8) is 0 Å². The molecule has 15 heavy (non-hydrogen) atoms. The van der Waals surface area contributed by atoms with Crippen molar-refractivity contribution in [2.45, 2.75) is 58.0 Å². The van der Waals surface area contributed by atoms with Crippen LogP contribution in [0.5, 0.6) is 0 Å². The summed E-state index contributed by atoms with van der Waals surface area (Å²) >= 11 is 1.83. The molecule has 1 atom stereocenters. The van der Waals surface area contributed by atoms with E-state index in [9.17, 15) is 0 Å². The molecule has 0 aromatic carbocycles. The Morgan fingerprint density at radius 1 is 1.60 bits per heavy atom. The van der Waals surface area contributed by atoms with Gasteiger partial charge < -0.3 is 5.32 Å². The van der Waals surface area contributed by atoms with E-state index >= 15 is 0 Å². The summed E-state index contributed by atoms with van der Waals surface area (Å²) in [5.41, 5.74) is 1.64. The lowest BCUT2D eigenvalue weighted by molar-refractivity contribution is 0.529. The quantitative estimate of drug-likeness (QED) is 0.831. The van der Waals surface area contributed by atoms with Crippen molar-refractivity contribution in [3.8, 4) is 0 Å². The summed E-state index contributed by atoms with van der Waals surface area (Å²) < 4.78 is 0. The van der Waals surface area contributed by atoms with Gasteiger partial charge in [0, 0.05) is 23.4 Å². The van der Waals surface area contributed by atoms with E-state index in [4.69, 9.17) is 4.98 Å². The minimum absolute atomic E-state index is 0.430. The molecule has 0 amide bonds. The van der Waals surface area contributed by atoms with Gasteiger partial charge in [0.15, 0.2) is 0 Å². The normalized spacial score (nSPS) is 20.2. The summed E-state index contributed by atoms with van der Waals surface area (Å²) in [6, 6.07) is 0.590. The second-order valence-electron chi connectivity index (χ2n) is 4.89. The molecule has 1 N–H and O–H groups in total. The third kappa shape index (κ3) is 2.58. The van der Waals surface area contributed by atoms with Crippen LogP contribution in [0.4, 0.5) is 0 Å². The van der Waals surface area contributed by atoms with Crippen molar-refractivity contribution in [1.82, 2.24) is 10.3 Å². The van der Waals surface area contributed by atoms with E-state index in [2.05, 4.69) is 31.5 Å². The number of nitrogens with one attached hydrogen (secondary N) is 1. The van der Waals surface area contributed by atoms with Gasteiger partial charge in [0.1, 0.15) is 0 Å². The lowest BCUT2D eigenvalue weighted by Gasteiger charge is -2.09. The zero-order chi connectivity index (χ0) is 10.9. The van der Waals surface area contributed by atoms with Crippen molar-refractivity contribution >= 4 is 11.3 Å². The second kappa shape index (κ2) is 4.22. The molecule has 2 nitrogen and oxygen atoms in total. The van der Waals surface area contributed by atoms with Gasteiger partial charge in [-0.25, -0.2) is 4.98 Å². The maximum absolute atomic E-state index is 4.71. The van der Waals surface area contributed by atoms with E-state index in [1.165, 1.54) is 30.0 Å². The average Bonchev–Trinajstić information content (AvgIpc) is 2.82. The average molecular weight is 224 g/mol. The lowest BCUT2D eigenvalue weighted by Crippen LogP contribution is -2.24. The van der Waals surface area contributed by atoms with Crippen LogP contribution in [0.2, 0.25) is 0 Å². The molecule has 0 radical (unpaired) electrons. The molecule has 1 heterocycles. The van der Waals surface area contributed by atoms with E-state index in [1.54, 1.807) is 0 Å². The standard InChI is InChI=1S/C12H20N2S/c1-4-9(2)13-7-10-8-15-11(14-10)12(3)5-6-12/h8-9,13H,4-7H2,1-3H3. The Bertz CT molecular complexity index is 328. The molecule has 2 rings (SSSR count). The molecule has 1 saturated carbocycles. The molecular formula is C12H20N2S. The first kappa shape index (κ1) is 11.1. The number of hydrogen-bond donors (Lipinski definition) is 1. The zero-order valence-corrected chi connectivity index (χ0v) is 10.7. The maximum atomic E-state index is 4.71. The molecular weight excluding hydrogens is 204 g/mol. The first-order valence-electron chi connectivity index (χ1n) is 5.82. The van der Waals surface area contributed by atoms with Crippen LogP contribution < -0.4 is 5.32 Å². The molecule has 3 heteroatoms. The smallest absolute Gasteiger partial charge is 0.0988 e. The van der Waals surface area contributed by atoms with Crippen LogP contribution in [0.1, 0.15) is 50.7 Å². The summed E-state index contributed by atoms with van der Waals surface area (Å²) in [4.78, 5) is 4.71. The predicted molar refractivity (Wildman–Crippen MR) is 65.3 cm³/mol. The molecule has 1 aromatic heterocycles. The van der Waals surface area contributed by atoms with E-state index < -0.39 is 0 Å². The Labute approximate surface area is 96.1 Å². The Balaban J connectivity index is 1.90. The molecule has 1 aliphatic carbocycles. The minimum atomic E-state index is 0.430. The summed E-state index contributed by atoms with van der Waals surface area (Å²) in [6.45, 7) is 7.66. The molecule has 0 aliphatic heterocycles. The number of rotatable bonds is 5. The van der Waals surface area contributed by atoms with Crippen molar-refractivity contribution in [1.29, 1.82) is 0 Å². The second-order valence-corrected chi connectivity index (χ2v) is 5.75. The molecule has 0 saturated heterocycles. The summed E-state index contributed by atoms with van der Waals surface area (Å²) in [7, 11) is 0. The highest BCUT2D eigenvalue weighted by Gasteiger charge is 2.41. The predicted octanol–water partition coefficient (Wildman–Crippen LogP) is 3.08. The van der Waals surface area contributed by atoms with Gasteiger partial charge in [-0.1, -0.05) is 13.8 Å². The lowest BCUT2D eigenvalue weighted by atomic mass is 10.2. The Hall–Kier alpha value is -0.410. The van der Waals surface area contributed by atoms with Crippen LogP contribution >= 0.6 is 11.3 Å². The first-order chi connectivity index (χ1) is 7.14. The highest BCUT2D eigenvalue weighted by atomic mass is 32.1. The molecule has 1 fully saturated rings. The van der Waals surface area contributed by atoms with Crippen molar-refractivity contribution in [2.24, 2.45) is 0 Å². The fourth-order valence-electron chi connectivity index (χ4n) is 1.49. The SMILES string of the molecule is CCC(C)NCc1csc(C2(C)CC2)n1. The molecule has 1 aromatic rings. The van der Waals surface area contributed by atoms with Crippen LogP contribution in [0.3, 0.4) is 0 Å². The Morgan fingerprint density at radius 2 is 2.33 bits per heavy atom. The molecule has 1 aliphatic rings. The largest absolute Gasteiger partial charge is 0.309 e. The van der Waals surface area contributed by atoms with E-state index in [0.29, 0.717) is 11.5 Å². The number of aromatic nitrogens is 1. The van der Waals surface area contributed by atoms with Crippen molar-refractivity contribution in [2.75, 3.05) is 0 Å². The zero-order valence-electron chi connectivity index (χ0n) is 9.84. The van der Waals surface area contributed by atoms with E-state index in [0.717, 1.165) is 6.54 Å². The van der Waals surface area contributed by atoms with E-state index in [-0.39, 0.29) is 0 Å². The van der Waals surface area contributed by atoms with Gasteiger partial charge in [0.05, 0.1) is 10.7 Å². The van der Waals surface area contributed by atoms with Gasteiger partial charge in [0.25, 0.3) is 0 Å². The van der Waals surface area contributed by atoms with Crippen molar-refractivity contribution < 1.29 is 0 Å². The van der Waals surface area contributed by atoms with Crippen LogP contribution in [0.25, 0.3) is 0 Å². The van der Waals surface area contributed by atoms with Gasteiger partial charge in [-0.3, -0.25) is 0 Å². The van der Waals surface area contributed by atoms with Crippen LogP contribution in [-0.4, -0.2) is 11.0 Å². The molecule has 1 unspecified atom stereocenters. The Morgan fingerprint density at radius 3 is 2.93 bits per heavy atom. The highest BCUT2D eigenvalue weighted by Crippen LogP contribution is 2.48. The third-order valence-corrected chi connectivity index (χ3v) is 4.51. The Kier molecular flexibility index (Phi) is 3.12. The third-order valence-electron chi connectivity index (χ3n) is 3.31. The summed E-state index contributed by atoms with van der Waals surface area (Å²) in [5, 5.41) is 7.02. The minimum Gasteiger partial charge on any atom is -0.309 e. The number of thiazole rings is 1. The first-order valence-corrected chi connectivity index (χ1v) is 6.70. The monoisotopic (exact) mass is 224 g/mol. The fourth-order valence-corrected chi connectivity index (χ4v) is 2.53. The van der Waals surface area contributed by atoms with Gasteiger partial charge in [-0.2, -0.15) is 0 Å². The van der Waals surface area contributed by atoms with Gasteiger partial charge in [0.2, 0.25) is 0 Å². The van der Waals surface area contributed by atoms with Gasteiger partial charge in [-0.05, 0) is 26.2 Å². The topological polar surface area (TPSA) is 24.9 Å². The summed E-state index contributed by atoms with van der Waals surface area (Å²) in [6.07, 6.45) is 3.81. The fraction of sp³-hybridized carbons (Fsp3) is 0.750. The number of hydrogen-bond acceptors (Lipinski definition) is 3. The van der Waals surface area contributed by atoms with Crippen molar-refractivity contribution in [3.05, 3.63) is 16.1 Å². The van der Waals surface area contributed by atoms with E-state index in [1.807, 2.05) is 11.3 Å². The number of nitrogens with zero attached hydrogens (tertiary/aromatic N) is 1. The highest BCUT2D eigenvalue weighted by molar-refractivity contribution is 7.09. The van der Waals surface area contributed by atoms with Gasteiger partial charge in [-0.15, -0.1) is 11.3 Å². The molecule has 0 spiro atoms. The summed E-state index contributed by atoms with van der Waals surface area (Å²) in [5.74, 6) is 0. The maximum Gasteiger partial charge on any atom is 0.0988 e. The van der Waals surface area contributed by atoms with Crippen LogP contribution in [-0.2, 0) is 12.0 Å². The molecule has 84 valence electrons. The molecule has 0 bridgehead atoms.